The van der Waals surface area contributed by atoms with E-state index >= 15 is 0 Å². The first kappa shape index (κ1) is 18.6. The third-order valence-electron chi connectivity index (χ3n) is 6.13. The van der Waals surface area contributed by atoms with Gasteiger partial charge in [0.05, 0.1) is 5.69 Å². The minimum Gasteiger partial charge on any atom is -0.550 e. The molecule has 3 aliphatic rings. The monoisotopic (exact) mass is 385 g/mol. The number of nitrogens with one attached hydrogen (secondary N) is 1. The number of nitrogens with two attached hydrogens (primary N) is 1. The normalized spacial score (nSPS) is 31.3. The van der Waals surface area contributed by atoms with Crippen LogP contribution in [0.2, 0.25) is 0 Å². The molecule has 4 rings (SSSR count). The van der Waals surface area contributed by atoms with Crippen LogP contribution in [-0.4, -0.2) is 40.2 Å². The zero-order valence-corrected chi connectivity index (χ0v) is 16.0. The Bertz CT molecular complexity index is 905. The van der Waals surface area contributed by atoms with Crippen LogP contribution in [-0.2, 0) is 24.7 Å². The highest BCUT2D eigenvalue weighted by atomic mass is 16.4. The number of anilines is 1. The number of para-hydroxylation sites is 1. The van der Waals surface area contributed by atoms with Gasteiger partial charge in [0.25, 0.3) is 5.91 Å². The lowest BCUT2D eigenvalue weighted by atomic mass is 9.76. The maximum Gasteiger partial charge on any atom is 0.291 e. The number of fused-ring (bicyclic) bond motifs is 4. The van der Waals surface area contributed by atoms with Gasteiger partial charge in [0, 0.05) is 23.5 Å². The zero-order chi connectivity index (χ0) is 20.4. The fourth-order valence-electron chi connectivity index (χ4n) is 5.13. The summed E-state index contributed by atoms with van der Waals surface area (Å²) in [6, 6.07) is 6.65. The van der Waals surface area contributed by atoms with Gasteiger partial charge in [-0.2, -0.15) is 0 Å². The molecule has 2 fully saturated rings. The van der Waals surface area contributed by atoms with E-state index in [9.17, 15) is 24.3 Å². The molecule has 8 heteroatoms. The molecular formula is C20H23N3O5. The number of hydrogen-bond acceptors (Lipinski definition) is 5. The van der Waals surface area contributed by atoms with Crippen LogP contribution in [0.25, 0.3) is 0 Å². The number of carbonyl (C=O) groups is 4. The van der Waals surface area contributed by atoms with E-state index in [1.165, 1.54) is 4.90 Å². The van der Waals surface area contributed by atoms with Crippen LogP contribution in [0.15, 0.2) is 24.3 Å². The Morgan fingerprint density at radius 1 is 1.21 bits per heavy atom. The highest BCUT2D eigenvalue weighted by Gasteiger charge is 2.74. The number of benzene rings is 1. The summed E-state index contributed by atoms with van der Waals surface area (Å²) in [6.07, 6.45) is -0.0849. The van der Waals surface area contributed by atoms with E-state index < -0.39 is 34.9 Å². The molecule has 3 heterocycles. The van der Waals surface area contributed by atoms with E-state index in [4.69, 9.17) is 0 Å². The zero-order valence-electron chi connectivity index (χ0n) is 16.0. The second-order valence-electron chi connectivity index (χ2n) is 8.80. The summed E-state index contributed by atoms with van der Waals surface area (Å²) < 4.78 is 0. The highest BCUT2D eigenvalue weighted by molar-refractivity contribution is 6.14. The van der Waals surface area contributed by atoms with Crippen LogP contribution in [0.1, 0.15) is 39.2 Å². The number of hydrogen-bond donors (Lipinski definition) is 2. The van der Waals surface area contributed by atoms with Crippen LogP contribution in [0.5, 0.6) is 0 Å². The van der Waals surface area contributed by atoms with Crippen molar-refractivity contribution in [1.82, 2.24) is 4.90 Å². The van der Waals surface area contributed by atoms with Gasteiger partial charge in [0.2, 0.25) is 17.4 Å². The molecule has 1 aromatic carbocycles. The molecule has 28 heavy (non-hydrogen) atoms. The number of nitrogens with zero attached hydrogens (tertiary/aromatic N) is 1. The van der Waals surface area contributed by atoms with E-state index in [1.807, 2.05) is 0 Å². The molecule has 0 saturated carbocycles. The SMILES string of the molecule is CC(C)(C)N1C(=O)[C@H]2[C@@H](C1=O)[C@]1([NH2+][C@@H]2CCC(=O)[O-])C(=O)Nc2ccccc21. The molecule has 148 valence electrons. The molecular weight excluding hydrogens is 362 g/mol. The number of carboxylic acids is 1. The predicted molar refractivity (Wildman–Crippen MR) is 95.3 cm³/mol. The number of aliphatic carboxylic acids is 1. The first-order valence-corrected chi connectivity index (χ1v) is 9.44. The summed E-state index contributed by atoms with van der Waals surface area (Å²) in [7, 11) is 0. The topological polar surface area (TPSA) is 123 Å². The Hall–Kier alpha value is -2.74. The van der Waals surface area contributed by atoms with Gasteiger partial charge >= 0.3 is 0 Å². The van der Waals surface area contributed by atoms with Crippen molar-refractivity contribution in [2.24, 2.45) is 11.8 Å². The summed E-state index contributed by atoms with van der Waals surface area (Å²) in [6.45, 7) is 5.33. The molecule has 2 saturated heterocycles. The largest absolute Gasteiger partial charge is 0.550 e. The molecule has 0 unspecified atom stereocenters. The summed E-state index contributed by atoms with van der Waals surface area (Å²) >= 11 is 0. The number of rotatable bonds is 3. The first-order valence-electron chi connectivity index (χ1n) is 9.44. The summed E-state index contributed by atoms with van der Waals surface area (Å²) in [5.41, 5.74) is -0.696. The smallest absolute Gasteiger partial charge is 0.291 e. The number of amides is 3. The molecule has 0 bridgehead atoms. The van der Waals surface area contributed by atoms with E-state index in [1.54, 1.807) is 50.4 Å². The van der Waals surface area contributed by atoms with Crippen LogP contribution >= 0.6 is 0 Å². The Kier molecular flexibility index (Phi) is 3.91. The van der Waals surface area contributed by atoms with E-state index in [0.29, 0.717) is 11.3 Å². The van der Waals surface area contributed by atoms with Crippen molar-refractivity contribution in [2.75, 3.05) is 5.32 Å². The number of likely N-dealkylation sites (tertiary alicyclic amines) is 1. The minimum absolute atomic E-state index is 0.150. The van der Waals surface area contributed by atoms with Crippen molar-refractivity contribution < 1.29 is 29.6 Å². The van der Waals surface area contributed by atoms with E-state index in [0.717, 1.165) is 0 Å². The van der Waals surface area contributed by atoms with Crippen molar-refractivity contribution in [3.05, 3.63) is 29.8 Å². The lowest BCUT2D eigenvalue weighted by Crippen LogP contribution is -2.99. The van der Waals surface area contributed by atoms with Gasteiger partial charge < -0.3 is 20.5 Å². The van der Waals surface area contributed by atoms with Crippen LogP contribution in [0, 0.1) is 11.8 Å². The van der Waals surface area contributed by atoms with Crippen molar-refractivity contribution in [3.8, 4) is 0 Å². The molecule has 3 amide bonds. The Labute approximate surface area is 162 Å². The molecule has 0 aromatic heterocycles. The average molecular weight is 385 g/mol. The maximum atomic E-state index is 13.4. The molecule has 1 aromatic rings. The van der Waals surface area contributed by atoms with Gasteiger partial charge in [0.1, 0.15) is 17.9 Å². The van der Waals surface area contributed by atoms with Gasteiger partial charge in [0.15, 0.2) is 0 Å². The lowest BCUT2D eigenvalue weighted by Gasteiger charge is -2.33. The summed E-state index contributed by atoms with van der Waals surface area (Å²) in [5, 5.41) is 15.6. The molecule has 0 radical (unpaired) electrons. The fraction of sp³-hybridized carbons (Fsp3) is 0.500. The van der Waals surface area contributed by atoms with Crippen molar-refractivity contribution >= 4 is 29.4 Å². The number of quaternary nitrogens is 1. The molecule has 3 N–H and O–H groups in total. The highest BCUT2D eigenvalue weighted by Crippen LogP contribution is 2.50. The number of imide groups is 1. The quantitative estimate of drug-likeness (QED) is 0.627. The summed E-state index contributed by atoms with van der Waals surface area (Å²) in [4.78, 5) is 52.1. The molecule has 8 nitrogen and oxygen atoms in total. The van der Waals surface area contributed by atoms with Gasteiger partial charge in [-0.05, 0) is 33.3 Å². The molecule has 1 spiro atoms. The molecule has 4 atom stereocenters. The molecule has 3 aliphatic heterocycles. The minimum atomic E-state index is -1.26. The summed E-state index contributed by atoms with van der Waals surface area (Å²) in [5.74, 6) is -3.88. The third-order valence-corrected chi connectivity index (χ3v) is 6.13. The number of carboxylic acid groups (broad SMARTS) is 1. The molecule has 0 aliphatic carbocycles. The second kappa shape index (κ2) is 5.88. The van der Waals surface area contributed by atoms with Gasteiger partial charge in [-0.25, -0.2) is 0 Å². The van der Waals surface area contributed by atoms with Gasteiger partial charge in [-0.15, -0.1) is 0 Å². The number of carbonyl (C=O) groups excluding carboxylic acids is 4. The van der Waals surface area contributed by atoms with Crippen LogP contribution in [0.4, 0.5) is 5.69 Å². The Morgan fingerprint density at radius 3 is 2.54 bits per heavy atom. The average Bonchev–Trinajstić information content (AvgIpc) is 3.17. The van der Waals surface area contributed by atoms with E-state index in [2.05, 4.69) is 5.32 Å². The Morgan fingerprint density at radius 2 is 1.89 bits per heavy atom. The third kappa shape index (κ3) is 2.33. The Balaban J connectivity index is 1.86. The van der Waals surface area contributed by atoms with Crippen molar-refractivity contribution in [2.45, 2.75) is 50.7 Å². The van der Waals surface area contributed by atoms with Crippen LogP contribution < -0.4 is 15.7 Å². The fourth-order valence-corrected chi connectivity index (χ4v) is 5.13. The van der Waals surface area contributed by atoms with Gasteiger partial charge in [-0.3, -0.25) is 19.3 Å². The van der Waals surface area contributed by atoms with Crippen molar-refractivity contribution in [3.63, 3.8) is 0 Å². The van der Waals surface area contributed by atoms with Gasteiger partial charge in [-0.1, -0.05) is 18.2 Å². The van der Waals surface area contributed by atoms with Crippen LogP contribution in [0.3, 0.4) is 0 Å². The van der Waals surface area contributed by atoms with E-state index in [-0.39, 0.29) is 30.6 Å². The predicted octanol–water partition coefficient (Wildman–Crippen LogP) is -1.29. The maximum absolute atomic E-state index is 13.4. The second-order valence-corrected chi connectivity index (χ2v) is 8.80. The first-order chi connectivity index (χ1) is 13.1. The lowest BCUT2D eigenvalue weighted by molar-refractivity contribution is -0.734. The van der Waals surface area contributed by atoms with Crippen molar-refractivity contribution in [1.29, 1.82) is 0 Å². The standard InChI is InChI=1S/C20H23N3O5/c1-19(2,3)23-16(26)14-12(8-9-13(24)25)22-20(15(14)17(23)27)10-6-4-5-7-11(10)21-18(20)28/h4-7,12,14-15,22H,8-9H2,1-3H3,(H,21,28)(H,24,25)/t12-,14-,15+,20+/m1/s1.